The number of ether oxygens (including phenoxy) is 5. The Labute approximate surface area is 187 Å². The second-order valence-corrected chi connectivity index (χ2v) is 8.32. The van der Waals surface area contributed by atoms with E-state index >= 15 is 0 Å². The van der Waals surface area contributed by atoms with Crippen LogP contribution < -0.4 is 0 Å². The molecule has 3 aliphatic rings. The first-order valence-corrected chi connectivity index (χ1v) is 10.4. The van der Waals surface area contributed by atoms with Gasteiger partial charge in [-0.3, -0.25) is 0 Å². The van der Waals surface area contributed by atoms with Gasteiger partial charge in [0.1, 0.15) is 67.1 Å². The molecule has 10 N–H and O–H groups in total. The molecule has 0 radical (unpaired) electrons. The molecule has 0 bridgehead atoms. The Balaban J connectivity index is 1.82. The summed E-state index contributed by atoms with van der Waals surface area (Å²) in [6.45, 7) is -0.115. The molecule has 15 nitrogen and oxygen atoms in total. The SMILES string of the molecule is C[C@H]1O[C@@H](O[C@H]2C(O)O[C@H](CO)[C@@H](O)[C@@H]2O[C@@H]2O[C@H](CO)[C@H](O)[C@H](O)[C@H]2O)[C@@H](O)[C@@H](O)[C@@H]1O. The maximum atomic E-state index is 10.6. The van der Waals surface area contributed by atoms with Gasteiger partial charge < -0.3 is 74.7 Å². The van der Waals surface area contributed by atoms with Crippen molar-refractivity contribution in [3.63, 3.8) is 0 Å². The van der Waals surface area contributed by atoms with E-state index in [2.05, 4.69) is 0 Å². The van der Waals surface area contributed by atoms with Crippen LogP contribution in [0.1, 0.15) is 6.92 Å². The summed E-state index contributed by atoms with van der Waals surface area (Å²) in [5.74, 6) is 0. The zero-order valence-corrected chi connectivity index (χ0v) is 17.6. The van der Waals surface area contributed by atoms with E-state index < -0.39 is 105 Å². The van der Waals surface area contributed by atoms with Crippen molar-refractivity contribution in [1.82, 2.24) is 0 Å². The first-order chi connectivity index (χ1) is 15.5. The zero-order chi connectivity index (χ0) is 24.6. The highest BCUT2D eigenvalue weighted by molar-refractivity contribution is 4.96. The van der Waals surface area contributed by atoms with Crippen LogP contribution in [0.4, 0.5) is 0 Å². The largest absolute Gasteiger partial charge is 0.394 e. The molecule has 3 saturated heterocycles. The highest BCUT2D eigenvalue weighted by atomic mass is 16.8. The van der Waals surface area contributed by atoms with Gasteiger partial charge in [0.05, 0.1) is 19.3 Å². The first-order valence-electron chi connectivity index (χ1n) is 10.4. The summed E-state index contributed by atoms with van der Waals surface area (Å²) in [5, 5.41) is 100.0. The van der Waals surface area contributed by atoms with Crippen molar-refractivity contribution < 1.29 is 74.7 Å². The lowest BCUT2D eigenvalue weighted by Crippen LogP contribution is -2.66. The molecule has 15 heteroatoms. The van der Waals surface area contributed by atoms with E-state index in [0.717, 1.165) is 0 Å². The second kappa shape index (κ2) is 11.0. The van der Waals surface area contributed by atoms with E-state index in [-0.39, 0.29) is 0 Å². The Morgan fingerprint density at radius 2 is 1.03 bits per heavy atom. The van der Waals surface area contributed by atoms with Gasteiger partial charge in [0.15, 0.2) is 18.9 Å². The lowest BCUT2D eigenvalue weighted by molar-refractivity contribution is -0.386. The number of hydrogen-bond donors (Lipinski definition) is 10. The van der Waals surface area contributed by atoms with Gasteiger partial charge in [-0.25, -0.2) is 0 Å². The molecule has 0 amide bonds. The van der Waals surface area contributed by atoms with Gasteiger partial charge in [0.25, 0.3) is 0 Å². The Morgan fingerprint density at radius 3 is 1.61 bits per heavy atom. The van der Waals surface area contributed by atoms with E-state index in [4.69, 9.17) is 23.7 Å². The van der Waals surface area contributed by atoms with Gasteiger partial charge in [0.2, 0.25) is 0 Å². The van der Waals surface area contributed by atoms with Crippen molar-refractivity contribution in [2.45, 2.75) is 99.0 Å². The van der Waals surface area contributed by atoms with E-state index in [9.17, 15) is 51.1 Å². The van der Waals surface area contributed by atoms with Gasteiger partial charge in [-0.2, -0.15) is 0 Å². The van der Waals surface area contributed by atoms with Crippen LogP contribution in [0.25, 0.3) is 0 Å². The summed E-state index contributed by atoms with van der Waals surface area (Å²) < 4.78 is 26.7. The summed E-state index contributed by atoms with van der Waals surface area (Å²) in [5.41, 5.74) is 0. The number of aliphatic hydroxyl groups excluding tert-OH is 10. The summed E-state index contributed by atoms with van der Waals surface area (Å²) in [6, 6.07) is 0. The average molecular weight is 488 g/mol. The molecule has 15 atom stereocenters. The fraction of sp³-hybridized carbons (Fsp3) is 1.00. The Bertz CT molecular complexity index is 624. The van der Waals surface area contributed by atoms with Gasteiger partial charge in [-0.05, 0) is 6.92 Å². The molecule has 0 aliphatic carbocycles. The third kappa shape index (κ3) is 5.32. The smallest absolute Gasteiger partial charge is 0.187 e. The average Bonchev–Trinajstić information content (AvgIpc) is 2.79. The summed E-state index contributed by atoms with van der Waals surface area (Å²) in [4.78, 5) is 0. The highest BCUT2D eigenvalue weighted by Gasteiger charge is 2.53. The molecule has 0 spiro atoms. The van der Waals surface area contributed by atoms with Crippen molar-refractivity contribution in [3.05, 3.63) is 0 Å². The van der Waals surface area contributed by atoms with Gasteiger partial charge in [0, 0.05) is 0 Å². The first kappa shape index (κ1) is 27.0. The normalized spacial score (nSPS) is 53.7. The molecule has 0 aromatic heterocycles. The van der Waals surface area contributed by atoms with Crippen molar-refractivity contribution >= 4 is 0 Å². The van der Waals surface area contributed by atoms with Crippen LogP contribution in [-0.4, -0.2) is 156 Å². The minimum Gasteiger partial charge on any atom is -0.394 e. The standard InChI is InChI=1S/C18H32O15/c1-4-7(21)10(24)12(26)17(29-4)33-15-14(9(23)6(3-20)30-16(15)28)32-18-13(27)11(25)8(22)5(2-19)31-18/h4-28H,2-3H2,1H3/t4-,5-,6-,7-,8+,9-,10+,11+,12+,13-,14+,15-,16?,17+,18+/m1/s1. The monoisotopic (exact) mass is 488 g/mol. The van der Waals surface area contributed by atoms with Crippen molar-refractivity contribution in [3.8, 4) is 0 Å². The molecule has 0 aromatic rings. The minimum atomic E-state index is -1.88. The van der Waals surface area contributed by atoms with Crippen LogP contribution in [0.2, 0.25) is 0 Å². The maximum Gasteiger partial charge on any atom is 0.187 e. The quantitative estimate of drug-likeness (QED) is 0.167. The molecule has 3 fully saturated rings. The van der Waals surface area contributed by atoms with E-state index in [1.807, 2.05) is 0 Å². The molecular weight excluding hydrogens is 456 g/mol. The molecule has 0 aromatic carbocycles. The molecule has 194 valence electrons. The number of rotatable bonds is 6. The lowest BCUT2D eigenvalue weighted by atomic mass is 9.96. The van der Waals surface area contributed by atoms with Crippen LogP contribution in [0, 0.1) is 0 Å². The van der Waals surface area contributed by atoms with Crippen LogP contribution in [-0.2, 0) is 23.7 Å². The topological polar surface area (TPSA) is 248 Å². The lowest BCUT2D eigenvalue weighted by Gasteiger charge is -2.48. The van der Waals surface area contributed by atoms with Gasteiger partial charge in [-0.15, -0.1) is 0 Å². The van der Waals surface area contributed by atoms with Gasteiger partial charge in [-0.1, -0.05) is 0 Å². The Morgan fingerprint density at radius 1 is 0.545 bits per heavy atom. The number of aliphatic hydroxyl groups is 10. The van der Waals surface area contributed by atoms with E-state index in [0.29, 0.717) is 0 Å². The Kier molecular flexibility index (Phi) is 8.99. The Hall–Kier alpha value is -0.600. The van der Waals surface area contributed by atoms with Crippen LogP contribution in [0.3, 0.4) is 0 Å². The predicted octanol–water partition coefficient (Wildman–Crippen LogP) is -6.55. The third-order valence-corrected chi connectivity index (χ3v) is 6.06. The predicted molar refractivity (Wildman–Crippen MR) is 99.8 cm³/mol. The third-order valence-electron chi connectivity index (χ3n) is 6.06. The molecule has 0 saturated carbocycles. The van der Waals surface area contributed by atoms with Crippen molar-refractivity contribution in [1.29, 1.82) is 0 Å². The van der Waals surface area contributed by atoms with Crippen molar-refractivity contribution in [2.24, 2.45) is 0 Å². The summed E-state index contributed by atoms with van der Waals surface area (Å²) in [6.07, 6.45) is -24.1. The molecule has 3 aliphatic heterocycles. The molecule has 3 rings (SSSR count). The fourth-order valence-electron chi connectivity index (χ4n) is 3.97. The molecule has 3 heterocycles. The van der Waals surface area contributed by atoms with Crippen molar-refractivity contribution in [2.75, 3.05) is 13.2 Å². The molecule has 33 heavy (non-hydrogen) atoms. The number of hydrogen-bond acceptors (Lipinski definition) is 15. The van der Waals surface area contributed by atoms with Crippen LogP contribution in [0.15, 0.2) is 0 Å². The summed E-state index contributed by atoms with van der Waals surface area (Å²) in [7, 11) is 0. The zero-order valence-electron chi connectivity index (χ0n) is 17.6. The summed E-state index contributed by atoms with van der Waals surface area (Å²) >= 11 is 0. The van der Waals surface area contributed by atoms with Gasteiger partial charge >= 0.3 is 0 Å². The van der Waals surface area contributed by atoms with Crippen LogP contribution in [0.5, 0.6) is 0 Å². The van der Waals surface area contributed by atoms with E-state index in [1.165, 1.54) is 6.92 Å². The van der Waals surface area contributed by atoms with E-state index in [1.54, 1.807) is 0 Å². The molecule has 1 unspecified atom stereocenters. The van der Waals surface area contributed by atoms with Crippen LogP contribution >= 0.6 is 0 Å². The second-order valence-electron chi connectivity index (χ2n) is 8.32. The highest BCUT2D eigenvalue weighted by Crippen LogP contribution is 2.32. The minimum absolute atomic E-state index is 0.747. The fourth-order valence-corrected chi connectivity index (χ4v) is 3.97. The molecular formula is C18H32O15. The maximum absolute atomic E-state index is 10.6.